The van der Waals surface area contributed by atoms with Gasteiger partial charge in [0.1, 0.15) is 5.82 Å². The van der Waals surface area contributed by atoms with Gasteiger partial charge in [0.25, 0.3) is 0 Å². The first-order chi connectivity index (χ1) is 18.1. The van der Waals surface area contributed by atoms with Gasteiger partial charge in [0.05, 0.1) is 24.3 Å². The zero-order valence-corrected chi connectivity index (χ0v) is 21.0. The highest BCUT2D eigenvalue weighted by Crippen LogP contribution is 2.33. The normalized spacial score (nSPS) is 18.2. The van der Waals surface area contributed by atoms with Gasteiger partial charge in [-0.25, -0.2) is 4.68 Å². The number of benzene rings is 2. The number of nitrogens with one attached hydrogen (secondary N) is 2. The van der Waals surface area contributed by atoms with Crippen LogP contribution >= 0.6 is 0 Å². The molecule has 0 saturated carbocycles. The fraction of sp³-hybridized carbons (Fsp3) is 0.370. The predicted octanol–water partition coefficient (Wildman–Crippen LogP) is 4.74. The number of nitrogen functional groups attached to an aromatic ring is 1. The Kier molecular flexibility index (Phi) is 6.50. The van der Waals surface area contributed by atoms with Gasteiger partial charge in [-0.15, -0.1) is 0 Å². The van der Waals surface area contributed by atoms with Gasteiger partial charge in [-0.05, 0) is 68.7 Å². The number of hydrogen-bond acceptors (Lipinski definition) is 9. The SMILES string of the molecule is Cc1nn(C2CCCCO2)c2nc(Nc3cccc(N)c3)nc(Nc3ccc(N4CCOCC4)cc3)c12. The van der Waals surface area contributed by atoms with Crippen molar-refractivity contribution in [2.45, 2.75) is 32.4 Å². The number of aromatic nitrogens is 4. The van der Waals surface area contributed by atoms with E-state index in [0.717, 1.165) is 80.3 Å². The van der Waals surface area contributed by atoms with Crippen molar-refractivity contribution in [3.8, 4) is 0 Å². The van der Waals surface area contributed by atoms with E-state index in [-0.39, 0.29) is 6.23 Å². The van der Waals surface area contributed by atoms with Crippen LogP contribution in [0, 0.1) is 6.92 Å². The second-order valence-electron chi connectivity index (χ2n) is 9.47. The van der Waals surface area contributed by atoms with Crippen molar-refractivity contribution < 1.29 is 9.47 Å². The number of fused-ring (bicyclic) bond motifs is 1. The minimum atomic E-state index is -0.138. The number of nitrogens with two attached hydrogens (primary N) is 1. The smallest absolute Gasteiger partial charge is 0.231 e. The van der Waals surface area contributed by atoms with E-state index in [0.29, 0.717) is 17.5 Å². The topological polar surface area (TPSA) is 115 Å². The van der Waals surface area contributed by atoms with Crippen LogP contribution in [0.15, 0.2) is 48.5 Å². The standard InChI is InChI=1S/C27H32N8O2/c1-18-24-25(29-20-8-10-22(11-9-20)34-12-15-36-16-13-34)31-27(30-21-6-4-5-19(28)17-21)32-26(24)35(33-18)23-7-2-3-14-37-23/h4-6,8-11,17,23H,2-3,7,12-16,28H2,1H3,(H2,29,30,31,32). The zero-order valence-electron chi connectivity index (χ0n) is 21.0. The van der Waals surface area contributed by atoms with Crippen LogP contribution in [0.4, 0.5) is 34.5 Å². The monoisotopic (exact) mass is 500 g/mol. The van der Waals surface area contributed by atoms with Crippen molar-refractivity contribution >= 4 is 45.5 Å². The van der Waals surface area contributed by atoms with Crippen LogP contribution in [0.3, 0.4) is 0 Å². The van der Waals surface area contributed by atoms with Gasteiger partial charge >= 0.3 is 0 Å². The summed E-state index contributed by atoms with van der Waals surface area (Å²) < 4.78 is 13.4. The maximum Gasteiger partial charge on any atom is 0.231 e. The van der Waals surface area contributed by atoms with Crippen LogP contribution in [0.2, 0.25) is 0 Å². The molecule has 4 N–H and O–H groups in total. The van der Waals surface area contributed by atoms with Gasteiger partial charge in [0, 0.05) is 42.4 Å². The summed E-state index contributed by atoms with van der Waals surface area (Å²) in [6, 6.07) is 16.0. The second kappa shape index (κ2) is 10.2. The Labute approximate surface area is 215 Å². The van der Waals surface area contributed by atoms with Crippen molar-refractivity contribution in [1.82, 2.24) is 19.7 Å². The highest BCUT2D eigenvalue weighted by Gasteiger charge is 2.24. The molecule has 6 rings (SSSR count). The lowest BCUT2D eigenvalue weighted by Gasteiger charge is -2.28. The fourth-order valence-electron chi connectivity index (χ4n) is 4.93. The molecular weight excluding hydrogens is 468 g/mol. The Balaban J connectivity index is 1.37. The van der Waals surface area contributed by atoms with Crippen molar-refractivity contribution in [3.63, 3.8) is 0 Å². The summed E-state index contributed by atoms with van der Waals surface area (Å²) >= 11 is 0. The van der Waals surface area contributed by atoms with Crippen molar-refractivity contribution in [3.05, 3.63) is 54.2 Å². The van der Waals surface area contributed by atoms with Gasteiger partial charge in [0.2, 0.25) is 5.95 Å². The largest absolute Gasteiger partial charge is 0.399 e. The van der Waals surface area contributed by atoms with E-state index in [9.17, 15) is 0 Å². The summed E-state index contributed by atoms with van der Waals surface area (Å²) in [4.78, 5) is 12.1. The van der Waals surface area contributed by atoms with Gasteiger partial charge in [-0.3, -0.25) is 0 Å². The molecule has 10 nitrogen and oxygen atoms in total. The highest BCUT2D eigenvalue weighted by molar-refractivity contribution is 5.92. The average Bonchev–Trinajstić information content (AvgIpc) is 3.26. The number of rotatable bonds is 6. The molecule has 4 aromatic rings. The maximum atomic E-state index is 6.06. The average molecular weight is 501 g/mol. The molecule has 0 bridgehead atoms. The molecule has 2 saturated heterocycles. The number of morpholine rings is 1. The molecule has 1 unspecified atom stereocenters. The van der Waals surface area contributed by atoms with Crippen LogP contribution in [0.25, 0.3) is 11.0 Å². The minimum absolute atomic E-state index is 0.138. The van der Waals surface area contributed by atoms with Gasteiger partial charge in [-0.2, -0.15) is 15.1 Å². The molecule has 0 radical (unpaired) electrons. The van der Waals surface area contributed by atoms with E-state index >= 15 is 0 Å². The summed E-state index contributed by atoms with van der Waals surface area (Å²) in [6.07, 6.45) is 2.94. The molecule has 2 aliphatic heterocycles. The predicted molar refractivity (Wildman–Crippen MR) is 146 cm³/mol. The summed E-state index contributed by atoms with van der Waals surface area (Å²) in [5.41, 5.74) is 11.2. The lowest BCUT2D eigenvalue weighted by atomic mass is 10.2. The zero-order chi connectivity index (χ0) is 25.2. The molecule has 0 spiro atoms. The summed E-state index contributed by atoms with van der Waals surface area (Å²) in [5.74, 6) is 1.15. The summed E-state index contributed by atoms with van der Waals surface area (Å²) in [6.45, 7) is 6.04. The quantitative estimate of drug-likeness (QED) is 0.323. The number of ether oxygens (including phenoxy) is 2. The molecule has 10 heteroatoms. The van der Waals surface area contributed by atoms with E-state index < -0.39 is 0 Å². The van der Waals surface area contributed by atoms with E-state index in [1.807, 2.05) is 35.9 Å². The first-order valence-corrected chi connectivity index (χ1v) is 12.8. The third-order valence-electron chi connectivity index (χ3n) is 6.80. The number of hydrogen-bond donors (Lipinski definition) is 3. The van der Waals surface area contributed by atoms with E-state index in [1.54, 1.807) is 0 Å². The Bertz CT molecular complexity index is 1380. The highest BCUT2D eigenvalue weighted by atomic mass is 16.5. The molecule has 37 heavy (non-hydrogen) atoms. The Morgan fingerprint density at radius 2 is 1.78 bits per heavy atom. The molecular formula is C27H32N8O2. The Morgan fingerprint density at radius 1 is 0.946 bits per heavy atom. The first kappa shape index (κ1) is 23.5. The fourth-order valence-corrected chi connectivity index (χ4v) is 4.93. The molecule has 2 aliphatic rings. The molecule has 1 atom stereocenters. The third kappa shape index (κ3) is 5.03. The van der Waals surface area contributed by atoms with Gasteiger partial charge in [-0.1, -0.05) is 6.07 Å². The minimum Gasteiger partial charge on any atom is -0.399 e. The molecule has 2 aromatic heterocycles. The van der Waals surface area contributed by atoms with E-state index in [4.69, 9.17) is 30.3 Å². The van der Waals surface area contributed by atoms with Crippen LogP contribution in [0.5, 0.6) is 0 Å². The Morgan fingerprint density at radius 3 is 2.54 bits per heavy atom. The van der Waals surface area contributed by atoms with Gasteiger partial charge < -0.3 is 30.7 Å². The molecule has 0 aliphatic carbocycles. The second-order valence-corrected chi connectivity index (χ2v) is 9.47. The summed E-state index contributed by atoms with van der Waals surface area (Å²) in [5, 5.41) is 12.5. The van der Waals surface area contributed by atoms with E-state index in [1.165, 1.54) is 5.69 Å². The van der Waals surface area contributed by atoms with E-state index in [2.05, 4.69) is 39.8 Å². The lowest BCUT2D eigenvalue weighted by molar-refractivity contribution is -0.0371. The van der Waals surface area contributed by atoms with Gasteiger partial charge in [0.15, 0.2) is 11.9 Å². The first-order valence-electron chi connectivity index (χ1n) is 12.8. The van der Waals surface area contributed by atoms with Crippen LogP contribution in [-0.4, -0.2) is 52.7 Å². The molecule has 2 aromatic carbocycles. The van der Waals surface area contributed by atoms with Crippen LogP contribution in [0.1, 0.15) is 31.2 Å². The number of anilines is 6. The van der Waals surface area contributed by atoms with Crippen molar-refractivity contribution in [2.24, 2.45) is 0 Å². The third-order valence-corrected chi connectivity index (χ3v) is 6.80. The number of nitrogens with zero attached hydrogens (tertiary/aromatic N) is 5. The molecule has 4 heterocycles. The van der Waals surface area contributed by atoms with Crippen molar-refractivity contribution in [2.75, 3.05) is 54.2 Å². The summed E-state index contributed by atoms with van der Waals surface area (Å²) in [7, 11) is 0. The molecule has 192 valence electrons. The molecule has 2 fully saturated rings. The van der Waals surface area contributed by atoms with Crippen molar-refractivity contribution in [1.29, 1.82) is 0 Å². The van der Waals surface area contributed by atoms with Crippen LogP contribution < -0.4 is 21.3 Å². The van der Waals surface area contributed by atoms with Crippen LogP contribution in [-0.2, 0) is 9.47 Å². The maximum absolute atomic E-state index is 6.06. The Hall–Kier alpha value is -3.89. The lowest BCUT2D eigenvalue weighted by Crippen LogP contribution is -2.36. The number of aryl methyl sites for hydroxylation is 1. The molecule has 0 amide bonds.